The Bertz CT molecular complexity index is 557. The summed E-state index contributed by atoms with van der Waals surface area (Å²) in [6.45, 7) is 0.813. The molecule has 0 amide bonds. The number of hydrogen-bond acceptors (Lipinski definition) is 3. The molecular formula is C15H17O4P. The lowest BCUT2D eigenvalue weighted by atomic mass is 10.2. The van der Waals surface area contributed by atoms with Gasteiger partial charge in [0.25, 0.3) is 0 Å². The predicted octanol–water partition coefficient (Wildman–Crippen LogP) is 2.73. The highest BCUT2D eigenvalue weighted by Gasteiger charge is 2.21. The molecule has 2 rings (SSSR count). The number of ether oxygens (including phenoxy) is 1. The average Bonchev–Trinajstić information content (AvgIpc) is 2.49. The van der Waals surface area contributed by atoms with Crippen molar-refractivity contribution in [3.05, 3.63) is 66.2 Å². The Hall–Kier alpha value is -1.45. The smallest absolute Gasteiger partial charge is 0.358 e. The third kappa shape index (κ3) is 4.58. The summed E-state index contributed by atoms with van der Waals surface area (Å²) in [5, 5.41) is 0.294. The maximum absolute atomic E-state index is 11.9. The van der Waals surface area contributed by atoms with Gasteiger partial charge in [0.1, 0.15) is 0 Å². The van der Waals surface area contributed by atoms with Gasteiger partial charge in [0, 0.05) is 0 Å². The van der Waals surface area contributed by atoms with E-state index in [2.05, 4.69) is 0 Å². The first kappa shape index (κ1) is 14.9. The zero-order valence-corrected chi connectivity index (χ0v) is 11.9. The Morgan fingerprint density at radius 1 is 0.900 bits per heavy atom. The van der Waals surface area contributed by atoms with Crippen LogP contribution in [0.1, 0.15) is 5.56 Å². The molecule has 0 aromatic heterocycles. The molecule has 4 nitrogen and oxygen atoms in total. The van der Waals surface area contributed by atoms with Crippen molar-refractivity contribution in [2.75, 3.05) is 13.2 Å². The Balaban J connectivity index is 1.72. The molecule has 0 aliphatic carbocycles. The standard InChI is InChI=1S/C15H17O4P/c16-20(17,15-9-5-2-6-10-15)19-12-11-18-13-14-7-3-1-4-8-14/h1-10H,11-13H2,(H,16,17). The molecule has 20 heavy (non-hydrogen) atoms. The lowest BCUT2D eigenvalue weighted by Crippen LogP contribution is -2.10. The van der Waals surface area contributed by atoms with Gasteiger partial charge in [-0.1, -0.05) is 48.5 Å². The predicted molar refractivity (Wildman–Crippen MR) is 78.0 cm³/mol. The Morgan fingerprint density at radius 2 is 1.50 bits per heavy atom. The number of rotatable bonds is 7. The summed E-state index contributed by atoms with van der Waals surface area (Å²) in [6.07, 6.45) is 0. The summed E-state index contributed by atoms with van der Waals surface area (Å²) in [5.41, 5.74) is 1.06. The molecule has 0 saturated heterocycles. The van der Waals surface area contributed by atoms with Crippen LogP contribution in [0.5, 0.6) is 0 Å². The van der Waals surface area contributed by atoms with Gasteiger partial charge in [-0.05, 0) is 17.7 Å². The second-order valence-corrected chi connectivity index (χ2v) is 6.04. The first-order valence-electron chi connectivity index (χ1n) is 6.33. The average molecular weight is 292 g/mol. The van der Waals surface area contributed by atoms with Gasteiger partial charge in [-0.3, -0.25) is 4.57 Å². The zero-order valence-electron chi connectivity index (χ0n) is 11.0. The van der Waals surface area contributed by atoms with E-state index in [1.807, 2.05) is 30.3 Å². The fourth-order valence-corrected chi connectivity index (χ4v) is 2.70. The van der Waals surface area contributed by atoms with Crippen molar-refractivity contribution in [3.8, 4) is 0 Å². The van der Waals surface area contributed by atoms with Crippen molar-refractivity contribution in [2.45, 2.75) is 6.61 Å². The van der Waals surface area contributed by atoms with Crippen LogP contribution in [0.2, 0.25) is 0 Å². The third-order valence-corrected chi connectivity index (χ3v) is 4.17. The van der Waals surface area contributed by atoms with Crippen LogP contribution in [0, 0.1) is 0 Å². The highest BCUT2D eigenvalue weighted by molar-refractivity contribution is 7.61. The van der Waals surface area contributed by atoms with Crippen molar-refractivity contribution in [2.24, 2.45) is 0 Å². The molecule has 106 valence electrons. The molecule has 0 radical (unpaired) electrons. The SMILES string of the molecule is O=P(O)(OCCOCc1ccccc1)c1ccccc1. The van der Waals surface area contributed by atoms with Gasteiger partial charge < -0.3 is 14.2 Å². The first-order chi connectivity index (χ1) is 9.68. The molecule has 2 aromatic rings. The fourth-order valence-electron chi connectivity index (χ4n) is 1.68. The third-order valence-electron chi connectivity index (χ3n) is 2.69. The minimum Gasteiger partial charge on any atom is -0.374 e. The summed E-state index contributed by atoms with van der Waals surface area (Å²) < 4.78 is 22.4. The molecule has 1 unspecified atom stereocenters. The first-order valence-corrected chi connectivity index (χ1v) is 7.91. The van der Waals surface area contributed by atoms with Gasteiger partial charge in [0.05, 0.1) is 25.1 Å². The largest absolute Gasteiger partial charge is 0.374 e. The van der Waals surface area contributed by atoms with Crippen LogP contribution in [0.3, 0.4) is 0 Å². The van der Waals surface area contributed by atoms with Gasteiger partial charge in [-0.25, -0.2) is 0 Å². The lowest BCUT2D eigenvalue weighted by Gasteiger charge is -2.12. The highest BCUT2D eigenvalue weighted by atomic mass is 31.2. The second kappa shape index (κ2) is 7.36. The number of hydrogen-bond donors (Lipinski definition) is 1. The van der Waals surface area contributed by atoms with E-state index >= 15 is 0 Å². The van der Waals surface area contributed by atoms with Gasteiger partial charge in [0.15, 0.2) is 0 Å². The van der Waals surface area contributed by atoms with Crippen molar-refractivity contribution < 1.29 is 18.7 Å². The van der Waals surface area contributed by atoms with E-state index in [1.54, 1.807) is 30.3 Å². The van der Waals surface area contributed by atoms with Crippen LogP contribution in [0.4, 0.5) is 0 Å². The Kier molecular flexibility index (Phi) is 5.50. The van der Waals surface area contributed by atoms with Crippen LogP contribution >= 0.6 is 7.60 Å². The highest BCUT2D eigenvalue weighted by Crippen LogP contribution is 2.40. The molecule has 5 heteroatoms. The maximum atomic E-state index is 11.9. The van der Waals surface area contributed by atoms with Crippen LogP contribution in [-0.4, -0.2) is 18.1 Å². The summed E-state index contributed by atoms with van der Waals surface area (Å²) >= 11 is 0. The van der Waals surface area contributed by atoms with E-state index in [-0.39, 0.29) is 13.2 Å². The molecule has 2 aromatic carbocycles. The van der Waals surface area contributed by atoms with Crippen LogP contribution < -0.4 is 5.30 Å². The molecule has 0 fully saturated rings. The van der Waals surface area contributed by atoms with Crippen LogP contribution in [0.25, 0.3) is 0 Å². The zero-order chi connectivity index (χ0) is 14.3. The van der Waals surface area contributed by atoms with E-state index in [0.717, 1.165) is 5.56 Å². The molecule has 0 saturated carbocycles. The quantitative estimate of drug-likeness (QED) is 0.630. The summed E-state index contributed by atoms with van der Waals surface area (Å²) in [5.74, 6) is 0. The maximum Gasteiger partial charge on any atom is 0.358 e. The summed E-state index contributed by atoms with van der Waals surface area (Å²) in [7, 11) is -3.74. The van der Waals surface area contributed by atoms with Gasteiger partial charge in [-0.2, -0.15) is 0 Å². The molecule has 0 aliphatic rings. The molecular weight excluding hydrogens is 275 g/mol. The van der Waals surface area contributed by atoms with Crippen LogP contribution in [-0.2, 0) is 20.4 Å². The second-order valence-electron chi connectivity index (χ2n) is 4.23. The minimum absolute atomic E-state index is 0.0789. The van der Waals surface area contributed by atoms with E-state index in [9.17, 15) is 9.46 Å². The van der Waals surface area contributed by atoms with Crippen molar-refractivity contribution >= 4 is 12.9 Å². The minimum atomic E-state index is -3.74. The molecule has 1 atom stereocenters. The molecule has 1 N–H and O–H groups in total. The van der Waals surface area contributed by atoms with Crippen molar-refractivity contribution in [1.29, 1.82) is 0 Å². The number of benzene rings is 2. The Morgan fingerprint density at radius 3 is 2.15 bits per heavy atom. The summed E-state index contributed by atoms with van der Waals surface area (Å²) in [4.78, 5) is 9.78. The van der Waals surface area contributed by atoms with Gasteiger partial charge in [0.2, 0.25) is 0 Å². The molecule has 0 heterocycles. The van der Waals surface area contributed by atoms with E-state index < -0.39 is 7.60 Å². The fraction of sp³-hybridized carbons (Fsp3) is 0.200. The Labute approximate surface area is 118 Å². The monoisotopic (exact) mass is 292 g/mol. The van der Waals surface area contributed by atoms with Gasteiger partial charge in [-0.15, -0.1) is 0 Å². The molecule has 0 bridgehead atoms. The molecule has 0 spiro atoms. The molecule has 0 aliphatic heterocycles. The van der Waals surface area contributed by atoms with Crippen molar-refractivity contribution in [1.82, 2.24) is 0 Å². The van der Waals surface area contributed by atoms with Crippen LogP contribution in [0.15, 0.2) is 60.7 Å². The topological polar surface area (TPSA) is 55.8 Å². The van der Waals surface area contributed by atoms with E-state index in [0.29, 0.717) is 11.9 Å². The lowest BCUT2D eigenvalue weighted by molar-refractivity contribution is 0.0859. The van der Waals surface area contributed by atoms with Crippen molar-refractivity contribution in [3.63, 3.8) is 0 Å². The summed E-state index contributed by atoms with van der Waals surface area (Å²) in [6, 6.07) is 18.1. The normalized spacial score (nSPS) is 13.8. The van der Waals surface area contributed by atoms with E-state index in [4.69, 9.17) is 9.26 Å². The van der Waals surface area contributed by atoms with E-state index in [1.165, 1.54) is 0 Å². The van der Waals surface area contributed by atoms with Gasteiger partial charge >= 0.3 is 7.60 Å².